The molecular weight excluding hydrogens is 372 g/mol. The molecule has 142 valence electrons. The van der Waals surface area contributed by atoms with E-state index in [1.165, 1.54) is 4.90 Å². The number of amides is 4. The van der Waals surface area contributed by atoms with Crippen molar-refractivity contribution in [3.63, 3.8) is 0 Å². The Morgan fingerprint density at radius 2 is 1.54 bits per heavy atom. The van der Waals surface area contributed by atoms with Crippen molar-refractivity contribution in [2.75, 3.05) is 0 Å². The van der Waals surface area contributed by atoms with Crippen molar-refractivity contribution in [2.24, 2.45) is 0 Å². The van der Waals surface area contributed by atoms with Gasteiger partial charge in [-0.3, -0.25) is 19.8 Å². The Labute approximate surface area is 167 Å². The van der Waals surface area contributed by atoms with E-state index in [1.54, 1.807) is 17.8 Å². The topological polar surface area (TPSA) is 66.5 Å². The molecule has 0 spiro atoms. The summed E-state index contributed by atoms with van der Waals surface area (Å²) in [6.07, 6.45) is 5.14. The van der Waals surface area contributed by atoms with Crippen LogP contribution in [0.5, 0.6) is 0 Å². The Hall–Kier alpha value is -2.86. The van der Waals surface area contributed by atoms with Gasteiger partial charge in [0.05, 0.1) is 0 Å². The zero-order chi connectivity index (χ0) is 19.5. The van der Waals surface area contributed by atoms with Crippen molar-refractivity contribution in [2.45, 2.75) is 41.5 Å². The van der Waals surface area contributed by atoms with E-state index in [0.717, 1.165) is 41.0 Å². The molecule has 0 unspecified atom stereocenters. The van der Waals surface area contributed by atoms with Gasteiger partial charge in [0.15, 0.2) is 0 Å². The summed E-state index contributed by atoms with van der Waals surface area (Å²) in [6.45, 7) is 0. The molecule has 0 bridgehead atoms. The SMILES string of the molecule is O=C1NC(=O)N(C2CCCC2)C(=O)/C1=C/c1ccc(Sc2ccccc2)cc1. The van der Waals surface area contributed by atoms with E-state index in [2.05, 4.69) is 5.32 Å². The highest BCUT2D eigenvalue weighted by Gasteiger charge is 2.40. The van der Waals surface area contributed by atoms with Crippen LogP contribution in [0, 0.1) is 0 Å². The van der Waals surface area contributed by atoms with E-state index < -0.39 is 17.8 Å². The van der Waals surface area contributed by atoms with Crippen LogP contribution in [0.15, 0.2) is 70.0 Å². The highest BCUT2D eigenvalue weighted by atomic mass is 32.2. The van der Waals surface area contributed by atoms with Gasteiger partial charge in [0.25, 0.3) is 11.8 Å². The van der Waals surface area contributed by atoms with Gasteiger partial charge in [-0.25, -0.2) is 4.79 Å². The second-order valence-electron chi connectivity index (χ2n) is 6.91. The fourth-order valence-corrected chi connectivity index (χ4v) is 4.43. The summed E-state index contributed by atoms with van der Waals surface area (Å²) in [6, 6.07) is 17.0. The van der Waals surface area contributed by atoms with Crippen LogP contribution in [0.3, 0.4) is 0 Å². The normalized spacial score (nSPS) is 19.4. The minimum atomic E-state index is -0.632. The van der Waals surface area contributed by atoms with E-state index in [1.807, 2.05) is 54.6 Å². The molecule has 1 heterocycles. The summed E-state index contributed by atoms with van der Waals surface area (Å²) in [5, 5.41) is 2.31. The first-order chi connectivity index (χ1) is 13.6. The van der Waals surface area contributed by atoms with Crippen LogP contribution >= 0.6 is 11.8 Å². The predicted molar refractivity (Wildman–Crippen MR) is 108 cm³/mol. The van der Waals surface area contributed by atoms with Crippen molar-refractivity contribution >= 4 is 35.7 Å². The molecule has 4 amide bonds. The number of carbonyl (C=O) groups excluding carboxylic acids is 3. The number of barbiturate groups is 1. The summed E-state index contributed by atoms with van der Waals surface area (Å²) in [5.74, 6) is -1.13. The second kappa shape index (κ2) is 8.02. The molecule has 0 radical (unpaired) electrons. The van der Waals surface area contributed by atoms with Crippen molar-refractivity contribution < 1.29 is 14.4 Å². The molecule has 2 aliphatic rings. The molecule has 2 fully saturated rings. The first-order valence-electron chi connectivity index (χ1n) is 9.35. The smallest absolute Gasteiger partial charge is 0.273 e. The quantitative estimate of drug-likeness (QED) is 0.624. The average Bonchev–Trinajstić information content (AvgIpc) is 3.21. The van der Waals surface area contributed by atoms with Gasteiger partial charge in [0, 0.05) is 15.8 Å². The minimum absolute atomic E-state index is 0.00922. The average molecular weight is 392 g/mol. The fraction of sp³-hybridized carbons (Fsp3) is 0.227. The summed E-state index contributed by atoms with van der Waals surface area (Å²) in [7, 11) is 0. The summed E-state index contributed by atoms with van der Waals surface area (Å²) in [4.78, 5) is 40.6. The molecule has 4 rings (SSSR count). The van der Waals surface area contributed by atoms with Gasteiger partial charge in [0.2, 0.25) is 0 Å². The van der Waals surface area contributed by atoms with Gasteiger partial charge in [-0.2, -0.15) is 0 Å². The van der Waals surface area contributed by atoms with Crippen LogP contribution in [0.25, 0.3) is 6.08 Å². The molecule has 1 aliphatic heterocycles. The molecule has 1 N–H and O–H groups in total. The maximum absolute atomic E-state index is 12.8. The summed E-state index contributed by atoms with van der Waals surface area (Å²) < 4.78 is 0. The lowest BCUT2D eigenvalue weighted by Gasteiger charge is -2.31. The maximum atomic E-state index is 12.8. The number of carbonyl (C=O) groups is 3. The first kappa shape index (κ1) is 18.5. The number of rotatable bonds is 4. The summed E-state index contributed by atoms with van der Waals surface area (Å²) >= 11 is 1.64. The van der Waals surface area contributed by atoms with Crippen LogP contribution in [0.2, 0.25) is 0 Å². The number of benzene rings is 2. The third-order valence-electron chi connectivity index (χ3n) is 4.99. The molecule has 5 nitrogen and oxygen atoms in total. The van der Waals surface area contributed by atoms with E-state index in [4.69, 9.17) is 0 Å². The highest BCUT2D eigenvalue weighted by Crippen LogP contribution is 2.29. The molecule has 0 atom stereocenters. The van der Waals surface area contributed by atoms with E-state index in [9.17, 15) is 14.4 Å². The van der Waals surface area contributed by atoms with Crippen molar-refractivity contribution in [3.05, 3.63) is 65.7 Å². The Balaban J connectivity index is 1.54. The van der Waals surface area contributed by atoms with Crippen LogP contribution in [0.4, 0.5) is 4.79 Å². The van der Waals surface area contributed by atoms with Gasteiger partial charge in [-0.1, -0.05) is 54.9 Å². The fourth-order valence-electron chi connectivity index (χ4n) is 3.59. The molecular formula is C22H20N2O3S. The highest BCUT2D eigenvalue weighted by molar-refractivity contribution is 7.99. The Bertz CT molecular complexity index is 932. The Morgan fingerprint density at radius 1 is 0.893 bits per heavy atom. The lowest BCUT2D eigenvalue weighted by Crippen LogP contribution is -2.57. The number of urea groups is 1. The third kappa shape index (κ3) is 3.87. The van der Waals surface area contributed by atoms with Gasteiger partial charge < -0.3 is 0 Å². The summed E-state index contributed by atoms with van der Waals surface area (Å²) in [5.41, 5.74) is 0.756. The van der Waals surface area contributed by atoms with Crippen LogP contribution in [-0.4, -0.2) is 28.8 Å². The minimum Gasteiger partial charge on any atom is -0.273 e. The standard InChI is InChI=1S/C22H20N2O3S/c25-20-19(21(26)24(22(27)23-20)16-6-4-5-7-16)14-15-10-12-18(13-11-15)28-17-8-2-1-3-9-17/h1-3,8-14,16H,4-7H2,(H,23,25,27)/b19-14+. The zero-order valence-corrected chi connectivity index (χ0v) is 16.1. The van der Waals surface area contributed by atoms with E-state index in [0.29, 0.717) is 0 Å². The van der Waals surface area contributed by atoms with Crippen molar-refractivity contribution in [3.8, 4) is 0 Å². The molecule has 1 aliphatic carbocycles. The van der Waals surface area contributed by atoms with E-state index in [-0.39, 0.29) is 11.6 Å². The predicted octanol–water partition coefficient (Wildman–Crippen LogP) is 4.24. The monoisotopic (exact) mass is 392 g/mol. The van der Waals surface area contributed by atoms with Crippen molar-refractivity contribution in [1.82, 2.24) is 10.2 Å². The second-order valence-corrected chi connectivity index (χ2v) is 8.06. The van der Waals surface area contributed by atoms with Gasteiger partial charge >= 0.3 is 6.03 Å². The number of imide groups is 2. The molecule has 6 heteroatoms. The maximum Gasteiger partial charge on any atom is 0.331 e. The molecule has 1 saturated carbocycles. The molecule has 1 saturated heterocycles. The third-order valence-corrected chi connectivity index (χ3v) is 6.01. The molecule has 28 heavy (non-hydrogen) atoms. The molecule has 2 aromatic rings. The van der Waals surface area contributed by atoms with Crippen LogP contribution < -0.4 is 5.32 Å². The van der Waals surface area contributed by atoms with E-state index >= 15 is 0 Å². The van der Waals surface area contributed by atoms with Crippen LogP contribution in [-0.2, 0) is 9.59 Å². The first-order valence-corrected chi connectivity index (χ1v) is 10.2. The molecule has 2 aromatic carbocycles. The number of hydrogen-bond donors (Lipinski definition) is 1. The lowest BCUT2D eigenvalue weighted by atomic mass is 10.1. The molecule has 0 aromatic heterocycles. The van der Waals surface area contributed by atoms with Gasteiger partial charge in [-0.15, -0.1) is 0 Å². The Kier molecular flexibility index (Phi) is 5.30. The van der Waals surface area contributed by atoms with Crippen LogP contribution in [0.1, 0.15) is 31.2 Å². The number of hydrogen-bond acceptors (Lipinski definition) is 4. The Morgan fingerprint density at radius 3 is 2.21 bits per heavy atom. The lowest BCUT2D eigenvalue weighted by molar-refractivity contribution is -0.131. The van der Waals surface area contributed by atoms with Gasteiger partial charge in [0.1, 0.15) is 5.57 Å². The zero-order valence-electron chi connectivity index (χ0n) is 15.3. The van der Waals surface area contributed by atoms with Gasteiger partial charge in [-0.05, 0) is 48.7 Å². The largest absolute Gasteiger partial charge is 0.331 e. The van der Waals surface area contributed by atoms with Crippen molar-refractivity contribution in [1.29, 1.82) is 0 Å². The number of nitrogens with zero attached hydrogens (tertiary/aromatic N) is 1. The number of nitrogens with one attached hydrogen (secondary N) is 1.